The number of aromatic nitrogens is 5. The summed E-state index contributed by atoms with van der Waals surface area (Å²) in [5.74, 6) is -0.512. The van der Waals surface area contributed by atoms with Crippen molar-refractivity contribution in [2.45, 2.75) is 0 Å². The second-order valence-electron chi connectivity index (χ2n) is 5.60. The number of fused-ring (bicyclic) bond motifs is 1. The molecule has 0 radical (unpaired) electrons. The van der Waals surface area contributed by atoms with E-state index in [1.165, 1.54) is 12.4 Å². The van der Waals surface area contributed by atoms with Crippen molar-refractivity contribution in [1.29, 1.82) is 0 Å². The molecule has 4 rings (SSSR count). The van der Waals surface area contributed by atoms with Gasteiger partial charge >= 0.3 is 0 Å². The highest BCUT2D eigenvalue weighted by Crippen LogP contribution is 2.29. The molecule has 0 aromatic carbocycles. The van der Waals surface area contributed by atoms with Gasteiger partial charge in [0.05, 0.1) is 17.1 Å². The topological polar surface area (TPSA) is 110 Å². The van der Waals surface area contributed by atoms with Crippen molar-refractivity contribution in [1.82, 2.24) is 24.9 Å². The fourth-order valence-corrected chi connectivity index (χ4v) is 2.68. The Labute approximate surface area is 148 Å². The lowest BCUT2D eigenvalue weighted by Crippen LogP contribution is -2.05. The minimum absolute atomic E-state index is 0.512. The van der Waals surface area contributed by atoms with Gasteiger partial charge in [-0.3, -0.25) is 4.79 Å². The van der Waals surface area contributed by atoms with E-state index in [9.17, 15) is 4.79 Å². The number of carbonyl (C=O) groups is 1. The van der Waals surface area contributed by atoms with Crippen molar-refractivity contribution in [3.8, 4) is 22.5 Å². The molecule has 0 aliphatic rings. The smallest absolute Gasteiger partial charge is 0.241 e. The molecule has 26 heavy (non-hydrogen) atoms. The minimum atomic E-state index is -0.512. The summed E-state index contributed by atoms with van der Waals surface area (Å²) in [6.07, 6.45) is 9.72. The van der Waals surface area contributed by atoms with E-state index in [1.807, 2.05) is 30.5 Å². The third-order valence-electron chi connectivity index (χ3n) is 3.87. The van der Waals surface area contributed by atoms with Gasteiger partial charge in [0.2, 0.25) is 5.91 Å². The molecule has 7 nitrogen and oxygen atoms in total. The highest BCUT2D eigenvalue weighted by molar-refractivity contribution is 5.94. The van der Waals surface area contributed by atoms with Gasteiger partial charge in [-0.15, -0.1) is 0 Å². The number of carbonyl (C=O) groups excluding carboxylic acids is 1. The van der Waals surface area contributed by atoms with E-state index >= 15 is 0 Å². The van der Waals surface area contributed by atoms with Gasteiger partial charge in [0.1, 0.15) is 12.0 Å². The number of hydrogen-bond donors (Lipinski definition) is 2. The van der Waals surface area contributed by atoms with Crippen LogP contribution < -0.4 is 5.73 Å². The molecular formula is C19H14N6O. The Bertz CT molecular complexity index is 1120. The fraction of sp³-hybridized carbons (Fsp3) is 0. The van der Waals surface area contributed by atoms with Crippen molar-refractivity contribution < 1.29 is 4.79 Å². The molecular weight excluding hydrogens is 328 g/mol. The van der Waals surface area contributed by atoms with E-state index in [1.54, 1.807) is 24.5 Å². The number of nitrogens with zero attached hydrogens (tertiary/aromatic N) is 4. The van der Waals surface area contributed by atoms with Crippen molar-refractivity contribution in [3.05, 3.63) is 67.0 Å². The van der Waals surface area contributed by atoms with E-state index in [4.69, 9.17) is 5.73 Å². The molecule has 7 heteroatoms. The van der Waals surface area contributed by atoms with E-state index in [0.29, 0.717) is 5.69 Å². The maximum atomic E-state index is 10.9. The second kappa shape index (κ2) is 6.56. The number of pyridine rings is 2. The Morgan fingerprint density at radius 1 is 1.15 bits per heavy atom. The lowest BCUT2D eigenvalue weighted by molar-refractivity contribution is -0.113. The number of primary amides is 1. The monoisotopic (exact) mass is 342 g/mol. The van der Waals surface area contributed by atoms with Crippen LogP contribution in [-0.4, -0.2) is 30.8 Å². The molecule has 0 spiro atoms. The van der Waals surface area contributed by atoms with Gasteiger partial charge in [0.25, 0.3) is 0 Å². The lowest BCUT2D eigenvalue weighted by atomic mass is 10.1. The maximum absolute atomic E-state index is 10.9. The molecule has 0 aliphatic heterocycles. The molecule has 0 unspecified atom stereocenters. The van der Waals surface area contributed by atoms with Crippen LogP contribution in [0.2, 0.25) is 0 Å². The lowest BCUT2D eigenvalue weighted by Gasteiger charge is -2.03. The molecule has 0 fully saturated rings. The summed E-state index contributed by atoms with van der Waals surface area (Å²) in [7, 11) is 0. The number of amides is 1. The predicted octanol–water partition coefficient (Wildman–Crippen LogP) is 2.58. The van der Waals surface area contributed by atoms with Gasteiger partial charge < -0.3 is 10.7 Å². The van der Waals surface area contributed by atoms with Gasteiger partial charge in [-0.1, -0.05) is 6.07 Å². The van der Waals surface area contributed by atoms with Crippen LogP contribution in [0.15, 0.2) is 61.3 Å². The molecule has 0 saturated heterocycles. The summed E-state index contributed by atoms with van der Waals surface area (Å²) in [5, 5.41) is 0.945. The fourth-order valence-electron chi connectivity index (χ4n) is 2.68. The first-order valence-corrected chi connectivity index (χ1v) is 7.89. The zero-order valence-electron chi connectivity index (χ0n) is 13.6. The molecule has 0 saturated carbocycles. The average Bonchev–Trinajstić information content (AvgIpc) is 3.10. The molecule has 0 aliphatic carbocycles. The second-order valence-corrected chi connectivity index (χ2v) is 5.60. The minimum Gasteiger partial charge on any atom is -0.366 e. The van der Waals surface area contributed by atoms with Gasteiger partial charge in [-0.05, 0) is 30.3 Å². The van der Waals surface area contributed by atoms with Crippen LogP contribution in [0.1, 0.15) is 5.69 Å². The first-order chi connectivity index (χ1) is 12.7. The summed E-state index contributed by atoms with van der Waals surface area (Å²) in [5.41, 5.74) is 9.93. The van der Waals surface area contributed by atoms with Crippen LogP contribution in [0.3, 0.4) is 0 Å². The number of rotatable bonds is 4. The normalized spacial score (nSPS) is 11.2. The van der Waals surface area contributed by atoms with E-state index < -0.39 is 5.91 Å². The van der Waals surface area contributed by atoms with Gasteiger partial charge in [-0.25, -0.2) is 19.9 Å². The van der Waals surface area contributed by atoms with Crippen LogP contribution in [-0.2, 0) is 4.79 Å². The van der Waals surface area contributed by atoms with Crippen molar-refractivity contribution in [2.75, 3.05) is 0 Å². The molecule has 0 atom stereocenters. The van der Waals surface area contributed by atoms with Crippen LogP contribution in [0.25, 0.3) is 39.6 Å². The van der Waals surface area contributed by atoms with E-state index in [2.05, 4.69) is 24.9 Å². The number of H-pyrrole nitrogens is 1. The number of hydrogen-bond acceptors (Lipinski definition) is 5. The number of nitrogens with one attached hydrogen (secondary N) is 1. The summed E-state index contributed by atoms with van der Waals surface area (Å²) in [6.45, 7) is 0. The standard InChI is InChI=1S/C19H14N6O/c20-18(26)5-4-13-2-1-3-16(25-13)12-8-14-15(10-23-19(14)22-9-12)17-6-7-21-11-24-17/h1-11H,(H2,20,26)(H,22,23)/b5-4+. The summed E-state index contributed by atoms with van der Waals surface area (Å²) in [6, 6.07) is 9.43. The van der Waals surface area contributed by atoms with E-state index in [0.717, 1.165) is 33.5 Å². The molecule has 0 bridgehead atoms. The van der Waals surface area contributed by atoms with Crippen LogP contribution in [0.4, 0.5) is 0 Å². The van der Waals surface area contributed by atoms with Gasteiger partial charge in [-0.2, -0.15) is 0 Å². The van der Waals surface area contributed by atoms with Crippen molar-refractivity contribution in [2.24, 2.45) is 5.73 Å². The molecule has 4 aromatic rings. The van der Waals surface area contributed by atoms with Gasteiger partial charge in [0.15, 0.2) is 0 Å². The molecule has 4 aromatic heterocycles. The van der Waals surface area contributed by atoms with Crippen molar-refractivity contribution >= 4 is 23.0 Å². The largest absolute Gasteiger partial charge is 0.366 e. The Hall–Kier alpha value is -3.87. The molecule has 3 N–H and O–H groups in total. The predicted molar refractivity (Wildman–Crippen MR) is 98.6 cm³/mol. The number of aromatic amines is 1. The zero-order chi connectivity index (χ0) is 17.9. The summed E-state index contributed by atoms with van der Waals surface area (Å²) < 4.78 is 0. The van der Waals surface area contributed by atoms with Crippen molar-refractivity contribution in [3.63, 3.8) is 0 Å². The van der Waals surface area contributed by atoms with Gasteiger partial charge in [0, 0.05) is 41.2 Å². The quantitative estimate of drug-likeness (QED) is 0.554. The molecule has 126 valence electrons. The Balaban J connectivity index is 1.78. The van der Waals surface area contributed by atoms with Crippen LogP contribution >= 0.6 is 0 Å². The third-order valence-corrected chi connectivity index (χ3v) is 3.87. The third kappa shape index (κ3) is 3.05. The molecule has 1 amide bonds. The zero-order valence-corrected chi connectivity index (χ0v) is 13.6. The average molecular weight is 342 g/mol. The Morgan fingerprint density at radius 2 is 2.08 bits per heavy atom. The SMILES string of the molecule is NC(=O)/C=C/c1cccc(-c2cnc3[nH]cc(-c4ccncn4)c3c2)n1. The first-order valence-electron chi connectivity index (χ1n) is 7.89. The van der Waals surface area contributed by atoms with E-state index in [-0.39, 0.29) is 0 Å². The van der Waals surface area contributed by atoms with Crippen LogP contribution in [0, 0.1) is 0 Å². The Morgan fingerprint density at radius 3 is 2.88 bits per heavy atom. The molecule has 4 heterocycles. The first kappa shape index (κ1) is 15.6. The summed E-state index contributed by atoms with van der Waals surface area (Å²) >= 11 is 0. The summed E-state index contributed by atoms with van der Waals surface area (Å²) in [4.78, 5) is 31.3. The number of nitrogens with two attached hydrogens (primary N) is 1. The maximum Gasteiger partial charge on any atom is 0.241 e. The Kier molecular flexibility index (Phi) is 3.95. The highest BCUT2D eigenvalue weighted by Gasteiger charge is 2.10. The highest BCUT2D eigenvalue weighted by atomic mass is 16.1. The van der Waals surface area contributed by atoms with Crippen LogP contribution in [0.5, 0.6) is 0 Å².